The average molecular weight is 618 g/mol. The molecule has 0 bridgehead atoms. The normalized spacial score (nSPS) is 24.2. The number of carbonyl (C=O) groups is 2. The van der Waals surface area contributed by atoms with E-state index in [9.17, 15) is 9.59 Å². The van der Waals surface area contributed by atoms with Crippen LogP contribution in [0.5, 0.6) is 0 Å². The summed E-state index contributed by atoms with van der Waals surface area (Å²) in [6.45, 7) is 8.41. The van der Waals surface area contributed by atoms with Crippen LogP contribution >= 0.6 is 0 Å². The van der Waals surface area contributed by atoms with E-state index in [4.69, 9.17) is 25.9 Å². The van der Waals surface area contributed by atoms with Crippen molar-refractivity contribution in [3.8, 4) is 0 Å². The Hall–Kier alpha value is -4.07. The molecule has 240 valence electrons. The third-order valence-corrected chi connectivity index (χ3v) is 10.6. The Morgan fingerprint density at radius 3 is 2.60 bits per heavy atom. The van der Waals surface area contributed by atoms with Crippen molar-refractivity contribution < 1.29 is 14.1 Å². The maximum absolute atomic E-state index is 13.7. The van der Waals surface area contributed by atoms with E-state index in [1.165, 1.54) is 41.6 Å². The molecule has 2 aliphatic carbocycles. The van der Waals surface area contributed by atoms with Crippen molar-refractivity contribution in [3.63, 3.8) is 0 Å². The van der Waals surface area contributed by atoms with Gasteiger partial charge in [0.25, 0.3) is 11.8 Å². The lowest BCUT2D eigenvalue weighted by Gasteiger charge is -2.50. The maximum Gasteiger partial charge on any atom is 0.257 e. The van der Waals surface area contributed by atoms with Gasteiger partial charge in [-0.05, 0) is 37.7 Å². The Balaban J connectivity index is 1.10. The lowest BCUT2D eigenvalue weighted by molar-refractivity contribution is -0.145. The molecule has 3 N–H and O–H groups in total. The van der Waals surface area contributed by atoms with E-state index in [0.29, 0.717) is 49.4 Å². The van der Waals surface area contributed by atoms with Crippen LogP contribution in [0.4, 0.5) is 0 Å². The Kier molecular flexibility index (Phi) is 7.10. The highest BCUT2D eigenvalue weighted by atomic mass is 16.5. The van der Waals surface area contributed by atoms with Crippen molar-refractivity contribution in [3.05, 3.63) is 47.6 Å². The van der Waals surface area contributed by atoms with Gasteiger partial charge in [0.05, 0.1) is 29.9 Å². The second-order valence-corrected chi connectivity index (χ2v) is 14.4. The number of nitrogens with zero attached hydrogens (tertiary/aromatic N) is 9. The molecule has 3 aromatic rings. The first-order valence-electron chi connectivity index (χ1n) is 16.0. The van der Waals surface area contributed by atoms with Crippen molar-refractivity contribution in [1.29, 1.82) is 5.41 Å². The molecule has 0 radical (unpaired) electrons. The fourth-order valence-electron chi connectivity index (χ4n) is 7.47. The van der Waals surface area contributed by atoms with E-state index in [2.05, 4.69) is 30.2 Å². The van der Waals surface area contributed by atoms with E-state index >= 15 is 0 Å². The van der Waals surface area contributed by atoms with Gasteiger partial charge in [0.15, 0.2) is 5.82 Å². The minimum Gasteiger partial charge on any atom is -0.341 e. The third kappa shape index (κ3) is 5.32. The Bertz CT molecular complexity index is 1610. The maximum atomic E-state index is 13.7. The number of likely N-dealkylation sites (tertiary alicyclic amines) is 2. The van der Waals surface area contributed by atoms with Crippen molar-refractivity contribution in [2.24, 2.45) is 22.6 Å². The molecular weight excluding hydrogens is 574 g/mol. The second-order valence-electron chi connectivity index (χ2n) is 14.4. The molecule has 2 saturated carbocycles. The van der Waals surface area contributed by atoms with Gasteiger partial charge < -0.3 is 19.3 Å². The highest BCUT2D eigenvalue weighted by Crippen LogP contribution is 2.55. The predicted octanol–water partition coefficient (Wildman–Crippen LogP) is 2.63. The number of nitrogens with two attached hydrogens (primary N) is 1. The van der Waals surface area contributed by atoms with E-state index < -0.39 is 0 Å². The first-order valence-corrected chi connectivity index (χ1v) is 16.0. The molecule has 2 aliphatic heterocycles. The van der Waals surface area contributed by atoms with Gasteiger partial charge in [0, 0.05) is 62.9 Å². The van der Waals surface area contributed by atoms with Gasteiger partial charge in [0.1, 0.15) is 11.9 Å². The Morgan fingerprint density at radius 2 is 1.91 bits per heavy atom. The summed E-state index contributed by atoms with van der Waals surface area (Å²) >= 11 is 0. The number of nitrogens with one attached hydrogen (secondary N) is 1. The number of amides is 2. The summed E-state index contributed by atoms with van der Waals surface area (Å²) in [6, 6.07) is 1.87. The highest BCUT2D eigenvalue weighted by molar-refractivity contribution is 5.94. The SMILES string of the molecule is CC(c1nc(C2CN(C(=O)c3cnn(CC(=N)N(C)N)c3)CC23CN(C(=O)[C@H]2CC2(C)C)C3)no1)n1ccc(C2CCCC2)n1. The van der Waals surface area contributed by atoms with Gasteiger partial charge in [0.2, 0.25) is 5.91 Å². The lowest BCUT2D eigenvalue weighted by atomic mass is 9.71. The molecule has 2 unspecified atom stereocenters. The second kappa shape index (κ2) is 10.8. The molecule has 5 heterocycles. The largest absolute Gasteiger partial charge is 0.341 e. The van der Waals surface area contributed by atoms with Gasteiger partial charge in [-0.15, -0.1) is 0 Å². The van der Waals surface area contributed by atoms with Crippen molar-refractivity contribution in [2.75, 3.05) is 33.2 Å². The molecule has 3 aromatic heterocycles. The zero-order chi connectivity index (χ0) is 31.7. The summed E-state index contributed by atoms with van der Waals surface area (Å²) in [5.74, 6) is 7.30. The first-order chi connectivity index (χ1) is 21.4. The molecular formula is C31H43N11O3. The van der Waals surface area contributed by atoms with Gasteiger partial charge in [-0.3, -0.25) is 24.4 Å². The highest BCUT2D eigenvalue weighted by Gasteiger charge is 2.61. The summed E-state index contributed by atoms with van der Waals surface area (Å²) in [4.78, 5) is 35.6. The van der Waals surface area contributed by atoms with Crippen LogP contribution in [0, 0.1) is 22.2 Å². The van der Waals surface area contributed by atoms with Crippen LogP contribution < -0.4 is 5.84 Å². The molecule has 3 atom stereocenters. The minimum atomic E-state index is -0.365. The van der Waals surface area contributed by atoms with Gasteiger partial charge in [-0.1, -0.05) is 31.8 Å². The van der Waals surface area contributed by atoms with Crippen molar-refractivity contribution in [1.82, 2.24) is 44.5 Å². The fraction of sp³-hybridized carbons (Fsp3) is 0.645. The van der Waals surface area contributed by atoms with E-state index in [-0.39, 0.29) is 52.9 Å². The van der Waals surface area contributed by atoms with Crippen LogP contribution in [-0.2, 0) is 11.3 Å². The van der Waals surface area contributed by atoms with Gasteiger partial charge in [-0.25, -0.2) is 5.84 Å². The van der Waals surface area contributed by atoms with Crippen molar-refractivity contribution in [2.45, 2.75) is 77.3 Å². The van der Waals surface area contributed by atoms with Crippen LogP contribution in [0.1, 0.15) is 98.5 Å². The number of aromatic nitrogens is 6. The summed E-state index contributed by atoms with van der Waals surface area (Å²) in [6.07, 6.45) is 10.9. The number of hydrogen-bond donors (Lipinski definition) is 2. The van der Waals surface area contributed by atoms with Crippen LogP contribution in [0.15, 0.2) is 29.2 Å². The quantitative estimate of drug-likeness (QED) is 0.167. The van der Waals surface area contributed by atoms with Gasteiger partial charge in [-0.2, -0.15) is 15.2 Å². The minimum absolute atomic E-state index is 0.0506. The molecule has 4 fully saturated rings. The molecule has 14 nitrogen and oxygen atoms in total. The molecule has 1 spiro atoms. The van der Waals surface area contributed by atoms with Crippen LogP contribution in [-0.4, -0.2) is 95.4 Å². The molecule has 7 rings (SSSR count). The first kappa shape index (κ1) is 29.6. The predicted molar refractivity (Wildman–Crippen MR) is 163 cm³/mol. The lowest BCUT2D eigenvalue weighted by Crippen LogP contribution is -2.62. The number of likely N-dealkylation sites (N-methyl/N-ethyl adjacent to an activating group) is 1. The molecule has 0 aromatic carbocycles. The Morgan fingerprint density at radius 1 is 1.20 bits per heavy atom. The number of hydrogen-bond acceptors (Lipinski definition) is 9. The number of carbonyl (C=O) groups excluding carboxylic acids is 2. The monoisotopic (exact) mass is 617 g/mol. The summed E-state index contributed by atoms with van der Waals surface area (Å²) < 4.78 is 9.25. The van der Waals surface area contributed by atoms with Crippen LogP contribution in [0.3, 0.4) is 0 Å². The van der Waals surface area contributed by atoms with E-state index in [0.717, 1.165) is 12.1 Å². The fourth-order valence-corrected chi connectivity index (χ4v) is 7.47. The standard InChI is InChI=1S/C31H43N11O3/c1-19(42-10-9-24(36-42)20-7-5-6-8-20)27-35-26(37-45-27)23-14-39(28(43)21-12-34-41(13-21)15-25(32)38(4)33)16-31(23)17-40(18-31)29(44)22-11-30(22,2)3/h9-10,12-13,19-20,22-23,32H,5-8,11,14-18,33H2,1-4H3/t19?,22-,23?/m1/s1. The van der Waals surface area contributed by atoms with Crippen molar-refractivity contribution >= 4 is 17.6 Å². The zero-order valence-corrected chi connectivity index (χ0v) is 26.5. The number of amidine groups is 1. The summed E-state index contributed by atoms with van der Waals surface area (Å²) in [7, 11) is 1.59. The van der Waals surface area contributed by atoms with Crippen LogP contribution in [0.25, 0.3) is 0 Å². The average Bonchev–Trinajstić information content (AvgIpc) is 3.72. The molecule has 45 heavy (non-hydrogen) atoms. The van der Waals surface area contributed by atoms with E-state index in [1.807, 2.05) is 27.6 Å². The molecule has 2 saturated heterocycles. The number of rotatable bonds is 8. The summed E-state index contributed by atoms with van der Waals surface area (Å²) in [5.41, 5.74) is 1.24. The number of hydrazine groups is 1. The smallest absolute Gasteiger partial charge is 0.257 e. The summed E-state index contributed by atoms with van der Waals surface area (Å²) in [5, 5.41) is 22.8. The van der Waals surface area contributed by atoms with E-state index in [1.54, 1.807) is 13.2 Å². The molecule has 2 amide bonds. The van der Waals surface area contributed by atoms with Gasteiger partial charge >= 0.3 is 0 Å². The topological polar surface area (TPSA) is 168 Å². The third-order valence-electron chi connectivity index (χ3n) is 10.6. The molecule has 14 heteroatoms. The van der Waals surface area contributed by atoms with Crippen LogP contribution in [0.2, 0.25) is 0 Å². The zero-order valence-electron chi connectivity index (χ0n) is 26.5. The Labute approximate surface area is 262 Å². The molecule has 4 aliphatic rings.